The van der Waals surface area contributed by atoms with Gasteiger partial charge in [-0.2, -0.15) is 0 Å². The van der Waals surface area contributed by atoms with Crippen LogP contribution in [0.15, 0.2) is 16.6 Å². The molecule has 18 heavy (non-hydrogen) atoms. The van der Waals surface area contributed by atoms with Gasteiger partial charge in [0.25, 0.3) is 0 Å². The van der Waals surface area contributed by atoms with Crippen LogP contribution in [0.2, 0.25) is 10.0 Å². The summed E-state index contributed by atoms with van der Waals surface area (Å²) in [5.74, 6) is -0.153. The van der Waals surface area contributed by atoms with Crippen LogP contribution in [0, 0.1) is 5.92 Å². The molecular formula is C12H15BrCl2N2O. The van der Waals surface area contributed by atoms with Crippen molar-refractivity contribution in [1.82, 2.24) is 0 Å². The van der Waals surface area contributed by atoms with E-state index in [1.54, 1.807) is 12.1 Å². The number of halogens is 3. The van der Waals surface area contributed by atoms with Gasteiger partial charge in [0.15, 0.2) is 0 Å². The smallest absolute Gasteiger partial charge is 0.241 e. The lowest BCUT2D eigenvalue weighted by Gasteiger charge is -2.18. The van der Waals surface area contributed by atoms with Crippen molar-refractivity contribution >= 4 is 50.7 Å². The summed E-state index contributed by atoms with van der Waals surface area (Å²) in [6, 6.07) is 2.84. The summed E-state index contributed by atoms with van der Waals surface area (Å²) in [6.45, 7) is 3.92. The molecule has 6 heteroatoms. The zero-order valence-electron chi connectivity index (χ0n) is 10.1. The number of hydrogen-bond acceptors (Lipinski definition) is 2. The molecule has 3 nitrogen and oxygen atoms in total. The number of amides is 1. The monoisotopic (exact) mass is 352 g/mol. The van der Waals surface area contributed by atoms with Crippen molar-refractivity contribution in [3.63, 3.8) is 0 Å². The highest BCUT2D eigenvalue weighted by Gasteiger charge is 2.20. The second kappa shape index (κ2) is 6.75. The maximum atomic E-state index is 11.9. The van der Waals surface area contributed by atoms with Crippen LogP contribution in [-0.4, -0.2) is 11.9 Å². The fourth-order valence-electron chi connectivity index (χ4n) is 1.35. The molecule has 0 aliphatic carbocycles. The molecule has 100 valence electrons. The zero-order chi connectivity index (χ0) is 13.9. The van der Waals surface area contributed by atoms with Crippen LogP contribution >= 0.6 is 39.1 Å². The Bertz CT molecular complexity index is 454. The highest BCUT2D eigenvalue weighted by Crippen LogP contribution is 2.35. The Kier molecular flexibility index (Phi) is 5.92. The van der Waals surface area contributed by atoms with E-state index < -0.39 is 6.04 Å². The van der Waals surface area contributed by atoms with Gasteiger partial charge in [-0.3, -0.25) is 4.79 Å². The van der Waals surface area contributed by atoms with Crippen LogP contribution < -0.4 is 11.1 Å². The van der Waals surface area contributed by atoms with E-state index in [2.05, 4.69) is 21.2 Å². The molecule has 0 aromatic heterocycles. The number of anilines is 1. The third-order valence-electron chi connectivity index (χ3n) is 2.85. The first-order valence-corrected chi connectivity index (χ1v) is 7.13. The lowest BCUT2D eigenvalue weighted by atomic mass is 9.99. The normalized spacial score (nSPS) is 14.1. The first kappa shape index (κ1) is 15.8. The van der Waals surface area contributed by atoms with E-state index in [1.165, 1.54) is 0 Å². The van der Waals surface area contributed by atoms with Gasteiger partial charge >= 0.3 is 0 Å². The third-order valence-corrected chi connectivity index (χ3v) is 4.62. The van der Waals surface area contributed by atoms with Crippen molar-refractivity contribution < 1.29 is 4.79 Å². The minimum Gasteiger partial charge on any atom is -0.323 e. The molecule has 0 saturated carbocycles. The predicted octanol–water partition coefficient (Wildman–Crippen LogP) is 4.07. The van der Waals surface area contributed by atoms with Crippen molar-refractivity contribution in [1.29, 1.82) is 0 Å². The van der Waals surface area contributed by atoms with Crippen molar-refractivity contribution in [2.45, 2.75) is 26.3 Å². The van der Waals surface area contributed by atoms with Crippen molar-refractivity contribution in [2.24, 2.45) is 11.7 Å². The van der Waals surface area contributed by atoms with E-state index >= 15 is 0 Å². The van der Waals surface area contributed by atoms with Crippen LogP contribution in [0.4, 0.5) is 5.69 Å². The number of nitrogens with two attached hydrogens (primary N) is 1. The summed E-state index contributed by atoms with van der Waals surface area (Å²) < 4.78 is 0.679. The van der Waals surface area contributed by atoms with Gasteiger partial charge in [0, 0.05) is 4.47 Å². The van der Waals surface area contributed by atoms with E-state index in [-0.39, 0.29) is 11.8 Å². The van der Waals surface area contributed by atoms with E-state index in [9.17, 15) is 4.79 Å². The van der Waals surface area contributed by atoms with Gasteiger partial charge in [0.2, 0.25) is 5.91 Å². The topological polar surface area (TPSA) is 55.1 Å². The minimum absolute atomic E-state index is 0.106. The lowest BCUT2D eigenvalue weighted by molar-refractivity contribution is -0.118. The Balaban J connectivity index is 2.86. The van der Waals surface area contributed by atoms with Crippen molar-refractivity contribution in [3.05, 3.63) is 26.7 Å². The molecule has 0 saturated heterocycles. The Labute approximate surface area is 125 Å². The molecule has 0 spiro atoms. The molecule has 1 rings (SSSR count). The van der Waals surface area contributed by atoms with Crippen LogP contribution in [0.25, 0.3) is 0 Å². The molecule has 0 aliphatic heterocycles. The average molecular weight is 354 g/mol. The summed E-state index contributed by atoms with van der Waals surface area (Å²) in [5.41, 5.74) is 6.31. The highest BCUT2D eigenvalue weighted by molar-refractivity contribution is 9.10. The summed E-state index contributed by atoms with van der Waals surface area (Å²) in [4.78, 5) is 11.9. The van der Waals surface area contributed by atoms with Gasteiger partial charge in [0.1, 0.15) is 0 Å². The standard InChI is InChI=1S/C12H15BrCl2N2O/c1-3-6(2)11(16)12(18)17-8-5-4-7(13)9(14)10(8)15/h4-6,11H,3,16H2,1-2H3,(H,17,18)/t6?,11-/m0/s1. The second-order valence-corrected chi connectivity index (χ2v) is 5.73. The van der Waals surface area contributed by atoms with E-state index in [1.807, 2.05) is 13.8 Å². The number of hydrogen-bond donors (Lipinski definition) is 2. The maximum Gasteiger partial charge on any atom is 0.241 e. The molecular weight excluding hydrogens is 339 g/mol. The molecule has 1 aromatic rings. The van der Waals surface area contributed by atoms with E-state index in [4.69, 9.17) is 28.9 Å². The fourth-order valence-corrected chi connectivity index (χ4v) is 2.17. The van der Waals surface area contributed by atoms with Gasteiger partial charge in [-0.25, -0.2) is 0 Å². The number of carbonyl (C=O) groups excluding carboxylic acids is 1. The zero-order valence-corrected chi connectivity index (χ0v) is 13.2. The molecule has 0 bridgehead atoms. The van der Waals surface area contributed by atoms with E-state index in [0.29, 0.717) is 20.2 Å². The quantitative estimate of drug-likeness (QED) is 0.801. The van der Waals surface area contributed by atoms with Crippen LogP contribution in [0.3, 0.4) is 0 Å². The number of benzene rings is 1. The SMILES string of the molecule is CCC(C)[C@H](N)C(=O)Nc1ccc(Br)c(Cl)c1Cl. The molecule has 1 amide bonds. The first-order chi connectivity index (χ1) is 8.38. The first-order valence-electron chi connectivity index (χ1n) is 5.58. The Morgan fingerprint density at radius 2 is 2.06 bits per heavy atom. The van der Waals surface area contributed by atoms with Crippen LogP contribution in [0.1, 0.15) is 20.3 Å². The van der Waals surface area contributed by atoms with Gasteiger partial charge < -0.3 is 11.1 Å². The third kappa shape index (κ3) is 3.60. The largest absolute Gasteiger partial charge is 0.323 e. The predicted molar refractivity (Wildman–Crippen MR) is 80.2 cm³/mol. The molecule has 0 radical (unpaired) electrons. The molecule has 0 aliphatic rings. The summed E-state index contributed by atoms with van der Waals surface area (Å²) >= 11 is 15.3. The highest BCUT2D eigenvalue weighted by atomic mass is 79.9. The fraction of sp³-hybridized carbons (Fsp3) is 0.417. The molecule has 2 atom stereocenters. The van der Waals surface area contributed by atoms with Crippen LogP contribution in [0.5, 0.6) is 0 Å². The second-order valence-electron chi connectivity index (χ2n) is 4.12. The van der Waals surface area contributed by atoms with E-state index in [0.717, 1.165) is 6.42 Å². The molecule has 0 heterocycles. The Morgan fingerprint density at radius 1 is 1.44 bits per heavy atom. The molecule has 3 N–H and O–H groups in total. The minimum atomic E-state index is -0.562. The van der Waals surface area contributed by atoms with Crippen molar-refractivity contribution in [2.75, 3.05) is 5.32 Å². The lowest BCUT2D eigenvalue weighted by Crippen LogP contribution is -2.40. The van der Waals surface area contributed by atoms with Gasteiger partial charge in [-0.05, 0) is 34.0 Å². The summed E-state index contributed by atoms with van der Waals surface area (Å²) in [7, 11) is 0. The van der Waals surface area contributed by atoms with Gasteiger partial charge in [0.05, 0.1) is 21.8 Å². The summed E-state index contributed by atoms with van der Waals surface area (Å²) in [6.07, 6.45) is 0.837. The number of carbonyl (C=O) groups is 1. The van der Waals surface area contributed by atoms with Gasteiger partial charge in [-0.15, -0.1) is 0 Å². The number of nitrogens with one attached hydrogen (secondary N) is 1. The number of rotatable bonds is 4. The Hall–Kier alpha value is -0.290. The molecule has 1 unspecified atom stereocenters. The average Bonchev–Trinajstić information content (AvgIpc) is 2.37. The maximum absolute atomic E-state index is 11.9. The Morgan fingerprint density at radius 3 is 2.61 bits per heavy atom. The van der Waals surface area contributed by atoms with Gasteiger partial charge in [-0.1, -0.05) is 43.5 Å². The molecule has 1 aromatic carbocycles. The van der Waals surface area contributed by atoms with Crippen molar-refractivity contribution in [3.8, 4) is 0 Å². The molecule has 0 fully saturated rings. The summed E-state index contributed by atoms with van der Waals surface area (Å²) in [5, 5.41) is 3.36. The van der Waals surface area contributed by atoms with Crippen LogP contribution in [-0.2, 0) is 4.79 Å².